The van der Waals surface area contributed by atoms with E-state index in [1.54, 1.807) is 5.01 Å². The number of carbonyl (C=O) groups excluding carboxylic acids is 2. The zero-order chi connectivity index (χ0) is 25.9. The summed E-state index contributed by atoms with van der Waals surface area (Å²) in [5.74, 6) is -2.98. The van der Waals surface area contributed by atoms with Gasteiger partial charge >= 0.3 is 0 Å². The highest BCUT2D eigenvalue weighted by Crippen LogP contribution is 2.38. The molecule has 0 bridgehead atoms. The van der Waals surface area contributed by atoms with Crippen LogP contribution < -0.4 is 5.32 Å². The Morgan fingerprint density at radius 3 is 2.51 bits per heavy atom. The molecule has 2 heterocycles. The Balaban J connectivity index is 1.34. The van der Waals surface area contributed by atoms with Crippen LogP contribution in [0.15, 0.2) is 82.9 Å². The summed E-state index contributed by atoms with van der Waals surface area (Å²) in [6.07, 6.45) is 1.42. The van der Waals surface area contributed by atoms with Gasteiger partial charge in [0, 0.05) is 24.6 Å². The third kappa shape index (κ3) is 5.46. The average molecular weight is 519 g/mol. The van der Waals surface area contributed by atoms with E-state index in [0.29, 0.717) is 11.6 Å². The zero-order valence-corrected chi connectivity index (χ0v) is 20.8. The van der Waals surface area contributed by atoms with Crippen molar-refractivity contribution < 1.29 is 18.4 Å². The molecule has 0 radical (unpaired) electrons. The minimum atomic E-state index is -1.06. The van der Waals surface area contributed by atoms with E-state index >= 15 is 0 Å². The van der Waals surface area contributed by atoms with Gasteiger partial charge in [0.05, 0.1) is 11.8 Å². The van der Waals surface area contributed by atoms with Gasteiger partial charge in [0.1, 0.15) is 5.25 Å². The van der Waals surface area contributed by atoms with Gasteiger partial charge in [-0.1, -0.05) is 73.3 Å². The average Bonchev–Trinajstić information content (AvgIpc) is 3.51. The number of aliphatic imine (C=N–C) groups is 1. The van der Waals surface area contributed by atoms with Gasteiger partial charge in [-0.05, 0) is 35.2 Å². The van der Waals surface area contributed by atoms with Crippen molar-refractivity contribution in [3.05, 3.63) is 101 Å². The first kappa shape index (κ1) is 24.8. The van der Waals surface area contributed by atoms with E-state index < -0.39 is 28.7 Å². The van der Waals surface area contributed by atoms with Crippen molar-refractivity contribution in [1.82, 2.24) is 5.01 Å². The van der Waals surface area contributed by atoms with Gasteiger partial charge in [0.15, 0.2) is 16.8 Å². The van der Waals surface area contributed by atoms with Crippen molar-refractivity contribution in [1.29, 1.82) is 0 Å². The van der Waals surface area contributed by atoms with Crippen LogP contribution in [0.1, 0.15) is 42.5 Å². The third-order valence-corrected chi connectivity index (χ3v) is 7.43. The molecule has 1 N–H and O–H groups in total. The van der Waals surface area contributed by atoms with E-state index in [1.807, 2.05) is 30.3 Å². The molecule has 188 valence electrons. The van der Waals surface area contributed by atoms with Gasteiger partial charge in [0.2, 0.25) is 5.91 Å². The molecule has 0 saturated heterocycles. The molecule has 9 heteroatoms. The van der Waals surface area contributed by atoms with Crippen molar-refractivity contribution >= 4 is 40.1 Å². The number of rotatable bonds is 6. The summed E-state index contributed by atoms with van der Waals surface area (Å²) in [7, 11) is 0. The number of hydrazone groups is 1. The Morgan fingerprint density at radius 1 is 1.05 bits per heavy atom. The summed E-state index contributed by atoms with van der Waals surface area (Å²) in [5, 5.41) is 8.83. The highest BCUT2D eigenvalue weighted by molar-refractivity contribution is 8.15. The summed E-state index contributed by atoms with van der Waals surface area (Å²) in [5.41, 5.74) is 4.29. The first-order valence-corrected chi connectivity index (χ1v) is 12.8. The number of nitrogens with one attached hydrogen (secondary N) is 1. The summed E-state index contributed by atoms with van der Waals surface area (Å²) in [4.78, 5) is 29.5. The van der Waals surface area contributed by atoms with Crippen molar-refractivity contribution in [3.63, 3.8) is 0 Å². The molecule has 0 unspecified atom stereocenters. The van der Waals surface area contributed by atoms with E-state index in [1.165, 1.54) is 23.4 Å². The molecule has 3 aromatic carbocycles. The van der Waals surface area contributed by atoms with Crippen molar-refractivity contribution in [2.24, 2.45) is 10.1 Å². The Labute approximate surface area is 217 Å². The Bertz CT molecular complexity index is 1390. The lowest BCUT2D eigenvalue weighted by atomic mass is 9.97. The van der Waals surface area contributed by atoms with Gasteiger partial charge in [-0.3, -0.25) is 9.59 Å². The maximum atomic E-state index is 13.5. The minimum Gasteiger partial charge on any atom is -0.326 e. The number of amides is 2. The lowest BCUT2D eigenvalue weighted by Gasteiger charge is -2.23. The Morgan fingerprint density at radius 2 is 1.81 bits per heavy atom. The van der Waals surface area contributed by atoms with Crippen LogP contribution in [0.2, 0.25) is 0 Å². The van der Waals surface area contributed by atoms with Gasteiger partial charge in [-0.2, -0.15) is 10.1 Å². The fourth-order valence-corrected chi connectivity index (χ4v) is 5.35. The predicted octanol–water partition coefficient (Wildman–Crippen LogP) is 5.71. The highest BCUT2D eigenvalue weighted by Gasteiger charge is 2.39. The van der Waals surface area contributed by atoms with Crippen molar-refractivity contribution in [3.8, 4) is 0 Å². The fraction of sp³-hybridized carbons (Fsp3) is 0.214. The molecule has 0 aliphatic carbocycles. The molecule has 0 fully saturated rings. The molecule has 2 aliphatic rings. The molecule has 2 aliphatic heterocycles. The standard InChI is InChI=1S/C28H24F2N4O2S/c1-2-17-8-10-19(11-9-17)24-15-23(18-6-4-3-5-7-18)33-34(24)28-32-27(36)25(37-28)16-26(35)31-20-12-13-21(29)22(30)14-20/h3-14,24-25H,2,15-16H2,1H3,(H,31,35)/t24-,25-/m1/s1. The summed E-state index contributed by atoms with van der Waals surface area (Å²) < 4.78 is 26.6. The van der Waals surface area contributed by atoms with E-state index in [-0.39, 0.29) is 18.2 Å². The van der Waals surface area contributed by atoms with E-state index in [4.69, 9.17) is 5.10 Å². The molecular weight excluding hydrogens is 494 g/mol. The van der Waals surface area contributed by atoms with Crippen LogP contribution in [0.4, 0.5) is 14.5 Å². The monoisotopic (exact) mass is 518 g/mol. The van der Waals surface area contributed by atoms with Crippen LogP contribution in [0.3, 0.4) is 0 Å². The van der Waals surface area contributed by atoms with Gasteiger partial charge < -0.3 is 5.32 Å². The molecule has 6 nitrogen and oxygen atoms in total. The van der Waals surface area contributed by atoms with E-state index in [9.17, 15) is 18.4 Å². The quantitative estimate of drug-likeness (QED) is 0.454. The van der Waals surface area contributed by atoms with Gasteiger partial charge in [-0.15, -0.1) is 0 Å². The number of anilines is 1. The number of amidine groups is 1. The molecule has 2 amide bonds. The van der Waals surface area contributed by atoms with E-state index in [0.717, 1.165) is 35.4 Å². The summed E-state index contributed by atoms with van der Waals surface area (Å²) >= 11 is 1.19. The van der Waals surface area contributed by atoms with Crippen molar-refractivity contribution in [2.75, 3.05) is 5.32 Å². The SMILES string of the molecule is CCc1ccc([C@H]2CC(c3ccccc3)=NN2C2=NC(=O)[C@@H](CC(=O)Nc3ccc(F)c(F)c3)S2)cc1. The van der Waals surface area contributed by atoms with E-state index in [2.05, 4.69) is 41.5 Å². The number of hydrogen-bond acceptors (Lipinski definition) is 5. The molecule has 37 heavy (non-hydrogen) atoms. The van der Waals surface area contributed by atoms with Crippen LogP contribution in [-0.2, 0) is 16.0 Å². The number of hydrogen-bond donors (Lipinski definition) is 1. The minimum absolute atomic E-state index is 0.118. The first-order valence-electron chi connectivity index (χ1n) is 12.0. The fourth-order valence-electron chi connectivity index (χ4n) is 4.29. The van der Waals surface area contributed by atoms with Crippen molar-refractivity contribution in [2.45, 2.75) is 37.5 Å². The van der Waals surface area contributed by atoms with Crippen LogP contribution >= 0.6 is 11.8 Å². The number of aryl methyl sites for hydroxylation is 1. The molecule has 5 rings (SSSR count). The predicted molar refractivity (Wildman–Crippen MR) is 141 cm³/mol. The lowest BCUT2D eigenvalue weighted by Crippen LogP contribution is -2.25. The largest absolute Gasteiger partial charge is 0.326 e. The first-order chi connectivity index (χ1) is 17.9. The molecule has 0 spiro atoms. The van der Waals surface area contributed by atoms with Crippen LogP contribution in [0.25, 0.3) is 0 Å². The maximum absolute atomic E-state index is 13.5. The maximum Gasteiger partial charge on any atom is 0.262 e. The second-order valence-corrected chi connectivity index (χ2v) is 9.96. The summed E-state index contributed by atoms with van der Waals surface area (Å²) in [6.45, 7) is 2.10. The normalized spacial score (nSPS) is 19.1. The Kier molecular flexibility index (Phi) is 7.14. The molecule has 0 saturated carbocycles. The second-order valence-electron chi connectivity index (χ2n) is 8.79. The van der Waals surface area contributed by atoms with Gasteiger partial charge in [0.25, 0.3) is 5.91 Å². The molecular formula is C28H24F2N4O2S. The van der Waals surface area contributed by atoms with Crippen LogP contribution in [0, 0.1) is 11.6 Å². The molecule has 2 atom stereocenters. The highest BCUT2D eigenvalue weighted by atomic mass is 32.2. The number of nitrogens with zero attached hydrogens (tertiary/aromatic N) is 3. The van der Waals surface area contributed by atoms with Gasteiger partial charge in [-0.25, -0.2) is 13.8 Å². The number of carbonyl (C=O) groups is 2. The second kappa shape index (κ2) is 10.6. The topological polar surface area (TPSA) is 74.1 Å². The number of halogens is 2. The van der Waals surface area contributed by atoms with Crippen LogP contribution in [-0.4, -0.2) is 33.0 Å². The third-order valence-electron chi connectivity index (χ3n) is 6.29. The lowest BCUT2D eigenvalue weighted by molar-refractivity contribution is -0.121. The smallest absolute Gasteiger partial charge is 0.262 e. The number of thioether (sulfide) groups is 1. The summed E-state index contributed by atoms with van der Waals surface area (Å²) in [6, 6.07) is 21.2. The number of benzene rings is 3. The van der Waals surface area contributed by atoms with Crippen LogP contribution in [0.5, 0.6) is 0 Å². The molecule has 0 aromatic heterocycles. The molecule has 3 aromatic rings. The Hall–Kier alpha value is -3.85. The zero-order valence-electron chi connectivity index (χ0n) is 20.0.